The SMILES string of the molecule is CC/C=C(\CCC)[C@@](C)(C#N)C(=O)OCC. The van der Waals surface area contributed by atoms with Crippen molar-refractivity contribution in [3.8, 4) is 6.07 Å². The molecule has 0 amide bonds. The van der Waals surface area contributed by atoms with Gasteiger partial charge >= 0.3 is 5.97 Å². The van der Waals surface area contributed by atoms with E-state index in [9.17, 15) is 10.1 Å². The van der Waals surface area contributed by atoms with Crippen molar-refractivity contribution in [3.63, 3.8) is 0 Å². The van der Waals surface area contributed by atoms with Gasteiger partial charge in [0.1, 0.15) is 0 Å². The van der Waals surface area contributed by atoms with Crippen LogP contribution in [-0.2, 0) is 9.53 Å². The minimum atomic E-state index is -1.12. The Kier molecular flexibility index (Phi) is 6.48. The van der Waals surface area contributed by atoms with Crippen LogP contribution < -0.4 is 0 Å². The predicted molar refractivity (Wildman–Crippen MR) is 63.6 cm³/mol. The van der Waals surface area contributed by atoms with Crippen LogP contribution in [0.25, 0.3) is 0 Å². The zero-order valence-corrected chi connectivity index (χ0v) is 10.7. The normalized spacial score (nSPS) is 15.1. The molecule has 0 radical (unpaired) electrons. The van der Waals surface area contributed by atoms with Crippen molar-refractivity contribution in [1.29, 1.82) is 5.26 Å². The van der Waals surface area contributed by atoms with Crippen LogP contribution in [0.2, 0.25) is 0 Å². The second-order valence-electron chi connectivity index (χ2n) is 3.84. The van der Waals surface area contributed by atoms with Crippen molar-refractivity contribution in [1.82, 2.24) is 0 Å². The van der Waals surface area contributed by atoms with Gasteiger partial charge in [0, 0.05) is 0 Å². The molecule has 0 heterocycles. The van der Waals surface area contributed by atoms with E-state index in [1.54, 1.807) is 13.8 Å². The average Bonchev–Trinajstić information content (AvgIpc) is 2.28. The summed E-state index contributed by atoms with van der Waals surface area (Å²) in [6, 6.07) is 2.09. The Morgan fingerprint density at radius 1 is 1.44 bits per heavy atom. The average molecular weight is 223 g/mol. The molecule has 1 atom stereocenters. The van der Waals surface area contributed by atoms with E-state index in [0.717, 1.165) is 24.8 Å². The van der Waals surface area contributed by atoms with E-state index in [4.69, 9.17) is 4.74 Å². The molecule has 0 aromatic carbocycles. The molecule has 3 nitrogen and oxygen atoms in total. The number of carbonyl (C=O) groups excluding carboxylic acids is 1. The maximum atomic E-state index is 11.8. The van der Waals surface area contributed by atoms with Crippen molar-refractivity contribution < 1.29 is 9.53 Å². The van der Waals surface area contributed by atoms with Crippen LogP contribution in [0.5, 0.6) is 0 Å². The van der Waals surface area contributed by atoms with E-state index in [1.165, 1.54) is 0 Å². The maximum Gasteiger partial charge on any atom is 0.330 e. The lowest BCUT2D eigenvalue weighted by Gasteiger charge is -2.23. The van der Waals surface area contributed by atoms with Gasteiger partial charge < -0.3 is 4.74 Å². The van der Waals surface area contributed by atoms with E-state index < -0.39 is 11.4 Å². The van der Waals surface area contributed by atoms with Crippen LogP contribution >= 0.6 is 0 Å². The van der Waals surface area contributed by atoms with Crippen LogP contribution in [0.4, 0.5) is 0 Å². The van der Waals surface area contributed by atoms with Gasteiger partial charge in [0.15, 0.2) is 5.41 Å². The molecule has 0 saturated carbocycles. The second-order valence-corrected chi connectivity index (χ2v) is 3.84. The molecule has 0 N–H and O–H groups in total. The predicted octanol–water partition coefficient (Wildman–Crippen LogP) is 3.22. The summed E-state index contributed by atoms with van der Waals surface area (Å²) in [5.41, 5.74) is -0.249. The number of ether oxygens (including phenoxy) is 1. The first kappa shape index (κ1) is 14.7. The van der Waals surface area contributed by atoms with Crippen molar-refractivity contribution in [3.05, 3.63) is 11.6 Å². The fraction of sp³-hybridized carbons (Fsp3) is 0.692. The summed E-state index contributed by atoms with van der Waals surface area (Å²) in [5, 5.41) is 9.21. The molecule has 3 heteroatoms. The van der Waals surface area contributed by atoms with Crippen LogP contribution in [0.15, 0.2) is 11.6 Å². The number of allylic oxidation sites excluding steroid dienone is 1. The lowest BCUT2D eigenvalue weighted by molar-refractivity contribution is -0.149. The first-order valence-electron chi connectivity index (χ1n) is 5.84. The first-order chi connectivity index (χ1) is 7.56. The molecule has 90 valence electrons. The Hall–Kier alpha value is -1.30. The number of rotatable bonds is 6. The van der Waals surface area contributed by atoms with Gasteiger partial charge in [-0.15, -0.1) is 0 Å². The van der Waals surface area contributed by atoms with E-state index >= 15 is 0 Å². The van der Waals surface area contributed by atoms with Gasteiger partial charge in [0.2, 0.25) is 0 Å². The van der Waals surface area contributed by atoms with Gasteiger partial charge in [0.05, 0.1) is 12.7 Å². The molecular formula is C13H21NO2. The van der Waals surface area contributed by atoms with Crippen LogP contribution in [0.1, 0.15) is 47.0 Å². The van der Waals surface area contributed by atoms with Crippen molar-refractivity contribution in [2.24, 2.45) is 5.41 Å². The van der Waals surface area contributed by atoms with E-state index in [1.807, 2.05) is 19.9 Å². The number of nitrogens with zero attached hydrogens (tertiary/aromatic N) is 1. The van der Waals surface area contributed by atoms with E-state index in [-0.39, 0.29) is 0 Å². The van der Waals surface area contributed by atoms with E-state index in [0.29, 0.717) is 6.61 Å². The Labute approximate surface area is 98.1 Å². The summed E-state index contributed by atoms with van der Waals surface area (Å²) in [6.07, 6.45) is 4.47. The molecular weight excluding hydrogens is 202 g/mol. The Balaban J connectivity index is 5.12. The molecule has 0 aromatic heterocycles. The Morgan fingerprint density at radius 3 is 2.44 bits per heavy atom. The molecule has 0 aliphatic heterocycles. The number of hydrogen-bond acceptors (Lipinski definition) is 3. The van der Waals surface area contributed by atoms with Gasteiger partial charge in [-0.25, -0.2) is 4.79 Å². The van der Waals surface area contributed by atoms with Gasteiger partial charge in [0.25, 0.3) is 0 Å². The summed E-state index contributed by atoms with van der Waals surface area (Å²) in [7, 11) is 0. The summed E-state index contributed by atoms with van der Waals surface area (Å²) < 4.78 is 4.97. The third-order valence-electron chi connectivity index (χ3n) is 2.52. The highest BCUT2D eigenvalue weighted by Gasteiger charge is 2.38. The number of esters is 1. The molecule has 16 heavy (non-hydrogen) atoms. The van der Waals surface area contributed by atoms with Gasteiger partial charge in [-0.2, -0.15) is 5.26 Å². The van der Waals surface area contributed by atoms with Gasteiger partial charge in [-0.1, -0.05) is 26.3 Å². The quantitative estimate of drug-likeness (QED) is 0.513. The molecule has 0 aromatic rings. The fourth-order valence-corrected chi connectivity index (χ4v) is 1.60. The monoisotopic (exact) mass is 223 g/mol. The smallest absolute Gasteiger partial charge is 0.330 e. The molecule has 0 saturated heterocycles. The number of nitriles is 1. The summed E-state index contributed by atoms with van der Waals surface area (Å²) >= 11 is 0. The minimum Gasteiger partial charge on any atom is -0.465 e. The highest BCUT2D eigenvalue weighted by atomic mass is 16.5. The molecule has 0 aliphatic rings. The molecule has 0 spiro atoms. The zero-order valence-electron chi connectivity index (χ0n) is 10.7. The summed E-state index contributed by atoms with van der Waals surface area (Å²) in [5.74, 6) is -0.439. The van der Waals surface area contributed by atoms with Crippen molar-refractivity contribution in [2.45, 2.75) is 47.0 Å². The Bertz CT molecular complexity index is 302. The summed E-state index contributed by atoms with van der Waals surface area (Å²) in [6.45, 7) is 7.73. The highest BCUT2D eigenvalue weighted by molar-refractivity contribution is 5.83. The number of hydrogen-bond donors (Lipinski definition) is 0. The molecule has 0 rings (SSSR count). The van der Waals surface area contributed by atoms with Crippen LogP contribution in [0.3, 0.4) is 0 Å². The van der Waals surface area contributed by atoms with Gasteiger partial charge in [-0.3, -0.25) is 0 Å². The second kappa shape index (κ2) is 7.05. The standard InChI is InChI=1S/C13H21NO2/c1-5-8-11(9-6-2)13(4,10-14)12(15)16-7-3/h8H,5-7,9H2,1-4H3/b11-8+/t13-/m1/s1. The molecule has 0 bridgehead atoms. The van der Waals surface area contributed by atoms with Crippen molar-refractivity contribution >= 4 is 5.97 Å². The molecule has 0 fully saturated rings. The Morgan fingerprint density at radius 2 is 2.06 bits per heavy atom. The molecule has 0 unspecified atom stereocenters. The highest BCUT2D eigenvalue weighted by Crippen LogP contribution is 2.31. The van der Waals surface area contributed by atoms with Crippen LogP contribution in [-0.4, -0.2) is 12.6 Å². The third kappa shape index (κ3) is 3.37. The maximum absolute atomic E-state index is 11.8. The lowest BCUT2D eigenvalue weighted by atomic mass is 9.80. The minimum absolute atomic E-state index is 0.307. The van der Waals surface area contributed by atoms with Gasteiger partial charge in [-0.05, 0) is 32.3 Å². The fourth-order valence-electron chi connectivity index (χ4n) is 1.60. The molecule has 0 aliphatic carbocycles. The van der Waals surface area contributed by atoms with E-state index in [2.05, 4.69) is 6.07 Å². The van der Waals surface area contributed by atoms with Crippen molar-refractivity contribution in [2.75, 3.05) is 6.61 Å². The first-order valence-corrected chi connectivity index (χ1v) is 5.84. The topological polar surface area (TPSA) is 50.1 Å². The number of carbonyl (C=O) groups is 1. The lowest BCUT2D eigenvalue weighted by Crippen LogP contribution is -2.30. The zero-order chi connectivity index (χ0) is 12.6. The largest absolute Gasteiger partial charge is 0.465 e. The summed E-state index contributed by atoms with van der Waals surface area (Å²) in [4.78, 5) is 11.8. The third-order valence-corrected chi connectivity index (χ3v) is 2.52. The van der Waals surface area contributed by atoms with Crippen LogP contribution in [0, 0.1) is 16.7 Å².